The SMILES string of the molecule is Cc1ccc([C@@H]2C[C@H]2[C@@H](C)N)cc1. The third-order valence-electron chi connectivity index (χ3n) is 3.02. The lowest BCUT2D eigenvalue weighted by atomic mass is 10.1. The monoisotopic (exact) mass is 175 g/mol. The van der Waals surface area contributed by atoms with Crippen LogP contribution in [-0.2, 0) is 0 Å². The van der Waals surface area contributed by atoms with Crippen LogP contribution in [0.5, 0.6) is 0 Å². The van der Waals surface area contributed by atoms with Gasteiger partial charge in [-0.2, -0.15) is 0 Å². The first kappa shape index (κ1) is 8.76. The molecule has 3 atom stereocenters. The number of nitrogens with two attached hydrogens (primary N) is 1. The predicted molar refractivity (Wildman–Crippen MR) is 55.7 cm³/mol. The summed E-state index contributed by atoms with van der Waals surface area (Å²) >= 11 is 0. The summed E-state index contributed by atoms with van der Waals surface area (Å²) in [5, 5.41) is 0. The van der Waals surface area contributed by atoms with Crippen molar-refractivity contribution in [2.24, 2.45) is 11.7 Å². The first-order valence-corrected chi connectivity index (χ1v) is 5.00. The van der Waals surface area contributed by atoms with Crippen LogP contribution in [0.2, 0.25) is 0 Å². The Balaban J connectivity index is 2.08. The van der Waals surface area contributed by atoms with Crippen molar-refractivity contribution in [3.8, 4) is 0 Å². The van der Waals surface area contributed by atoms with Gasteiger partial charge in [0.05, 0.1) is 0 Å². The van der Waals surface area contributed by atoms with Crippen LogP contribution in [0.3, 0.4) is 0 Å². The van der Waals surface area contributed by atoms with Gasteiger partial charge in [0.25, 0.3) is 0 Å². The molecule has 1 aliphatic rings. The van der Waals surface area contributed by atoms with Crippen LogP contribution in [0.25, 0.3) is 0 Å². The van der Waals surface area contributed by atoms with E-state index in [1.165, 1.54) is 17.5 Å². The van der Waals surface area contributed by atoms with Crippen molar-refractivity contribution in [3.05, 3.63) is 35.4 Å². The van der Waals surface area contributed by atoms with Gasteiger partial charge in [-0.05, 0) is 37.7 Å². The molecule has 0 amide bonds. The second kappa shape index (κ2) is 3.15. The fraction of sp³-hybridized carbons (Fsp3) is 0.500. The zero-order valence-corrected chi connectivity index (χ0v) is 8.33. The molecule has 70 valence electrons. The molecule has 0 aliphatic heterocycles. The van der Waals surface area contributed by atoms with Crippen molar-refractivity contribution >= 4 is 0 Å². The van der Waals surface area contributed by atoms with Crippen LogP contribution < -0.4 is 5.73 Å². The third kappa shape index (κ3) is 1.75. The lowest BCUT2D eigenvalue weighted by Gasteiger charge is -2.04. The summed E-state index contributed by atoms with van der Waals surface area (Å²) in [5.74, 6) is 1.46. The maximum Gasteiger partial charge on any atom is 0.00448 e. The van der Waals surface area contributed by atoms with Crippen LogP contribution in [-0.4, -0.2) is 6.04 Å². The van der Waals surface area contributed by atoms with Gasteiger partial charge in [0.1, 0.15) is 0 Å². The summed E-state index contributed by atoms with van der Waals surface area (Å²) in [6.07, 6.45) is 1.28. The predicted octanol–water partition coefficient (Wildman–Crippen LogP) is 2.45. The number of hydrogen-bond donors (Lipinski definition) is 1. The van der Waals surface area contributed by atoms with Crippen molar-refractivity contribution in [2.75, 3.05) is 0 Å². The molecule has 1 heteroatoms. The van der Waals surface area contributed by atoms with E-state index in [1.54, 1.807) is 0 Å². The average Bonchev–Trinajstić information content (AvgIpc) is 2.85. The number of hydrogen-bond acceptors (Lipinski definition) is 1. The molecule has 0 aromatic heterocycles. The van der Waals surface area contributed by atoms with Crippen LogP contribution >= 0.6 is 0 Å². The van der Waals surface area contributed by atoms with Crippen LogP contribution in [0.15, 0.2) is 24.3 Å². The van der Waals surface area contributed by atoms with Gasteiger partial charge in [-0.25, -0.2) is 0 Å². The van der Waals surface area contributed by atoms with E-state index in [4.69, 9.17) is 5.73 Å². The second-order valence-electron chi connectivity index (χ2n) is 4.28. The van der Waals surface area contributed by atoms with E-state index in [9.17, 15) is 0 Å². The maximum atomic E-state index is 5.86. The minimum Gasteiger partial charge on any atom is -0.328 e. The highest BCUT2D eigenvalue weighted by Gasteiger charge is 2.40. The first-order chi connectivity index (χ1) is 6.18. The lowest BCUT2D eigenvalue weighted by Crippen LogP contribution is -2.17. The smallest absolute Gasteiger partial charge is 0.00448 e. The summed E-state index contributed by atoms with van der Waals surface area (Å²) < 4.78 is 0. The first-order valence-electron chi connectivity index (χ1n) is 5.00. The van der Waals surface area contributed by atoms with Gasteiger partial charge in [0.15, 0.2) is 0 Å². The quantitative estimate of drug-likeness (QED) is 0.734. The Hall–Kier alpha value is -0.820. The lowest BCUT2D eigenvalue weighted by molar-refractivity contribution is 0.631. The summed E-state index contributed by atoms with van der Waals surface area (Å²) in [5.41, 5.74) is 8.66. The van der Waals surface area contributed by atoms with Crippen molar-refractivity contribution in [2.45, 2.75) is 32.2 Å². The third-order valence-corrected chi connectivity index (χ3v) is 3.02. The molecule has 0 unspecified atom stereocenters. The molecular formula is C12H17N. The molecule has 0 spiro atoms. The number of rotatable bonds is 2. The molecule has 1 aliphatic carbocycles. The van der Waals surface area contributed by atoms with Crippen LogP contribution in [0.4, 0.5) is 0 Å². The highest BCUT2D eigenvalue weighted by molar-refractivity contribution is 5.29. The molecule has 13 heavy (non-hydrogen) atoms. The van der Waals surface area contributed by atoms with E-state index >= 15 is 0 Å². The molecule has 2 N–H and O–H groups in total. The summed E-state index contributed by atoms with van der Waals surface area (Å²) in [6.45, 7) is 4.23. The van der Waals surface area contributed by atoms with Crippen LogP contribution in [0.1, 0.15) is 30.4 Å². The molecule has 2 rings (SSSR count). The summed E-state index contributed by atoms with van der Waals surface area (Å²) in [7, 11) is 0. The Morgan fingerprint density at radius 3 is 2.38 bits per heavy atom. The Bertz CT molecular complexity index is 286. The molecule has 1 aromatic rings. The molecule has 0 heterocycles. The largest absolute Gasteiger partial charge is 0.328 e. The molecule has 1 saturated carbocycles. The fourth-order valence-electron chi connectivity index (χ4n) is 1.99. The molecule has 0 saturated heterocycles. The van der Waals surface area contributed by atoms with E-state index in [1.807, 2.05) is 0 Å². The molecule has 1 aromatic carbocycles. The number of benzene rings is 1. The van der Waals surface area contributed by atoms with Crippen molar-refractivity contribution in [1.82, 2.24) is 0 Å². The van der Waals surface area contributed by atoms with E-state index in [2.05, 4.69) is 38.1 Å². The minimum absolute atomic E-state index is 0.353. The molecule has 1 nitrogen and oxygen atoms in total. The van der Waals surface area contributed by atoms with Gasteiger partial charge >= 0.3 is 0 Å². The Labute approximate surface area is 80.0 Å². The fourth-order valence-corrected chi connectivity index (χ4v) is 1.99. The number of aryl methyl sites for hydroxylation is 1. The van der Waals surface area contributed by atoms with E-state index < -0.39 is 0 Å². The molecular weight excluding hydrogens is 158 g/mol. The second-order valence-corrected chi connectivity index (χ2v) is 4.28. The highest BCUT2D eigenvalue weighted by Crippen LogP contribution is 2.48. The van der Waals surface area contributed by atoms with Gasteiger partial charge in [0, 0.05) is 6.04 Å². The standard InChI is InChI=1S/C12H17N/c1-8-3-5-10(6-4-8)12-7-11(12)9(2)13/h3-6,9,11-12H,7,13H2,1-2H3/t9-,11+,12+/m1/s1. The van der Waals surface area contributed by atoms with Gasteiger partial charge in [-0.15, -0.1) is 0 Å². The van der Waals surface area contributed by atoms with E-state index in [0.717, 1.165) is 11.8 Å². The Kier molecular flexibility index (Phi) is 2.12. The maximum absolute atomic E-state index is 5.86. The average molecular weight is 175 g/mol. The normalized spacial score (nSPS) is 28.5. The Morgan fingerprint density at radius 2 is 1.92 bits per heavy atom. The Morgan fingerprint density at radius 1 is 1.31 bits per heavy atom. The van der Waals surface area contributed by atoms with Gasteiger partial charge in [0.2, 0.25) is 0 Å². The zero-order valence-electron chi connectivity index (χ0n) is 8.33. The summed E-state index contributed by atoms with van der Waals surface area (Å²) in [6, 6.07) is 9.20. The summed E-state index contributed by atoms with van der Waals surface area (Å²) in [4.78, 5) is 0. The van der Waals surface area contributed by atoms with Crippen LogP contribution in [0, 0.1) is 12.8 Å². The van der Waals surface area contributed by atoms with Gasteiger partial charge in [-0.1, -0.05) is 29.8 Å². The molecule has 0 radical (unpaired) electrons. The van der Waals surface area contributed by atoms with E-state index in [-0.39, 0.29) is 0 Å². The van der Waals surface area contributed by atoms with Gasteiger partial charge in [-0.3, -0.25) is 0 Å². The van der Waals surface area contributed by atoms with Crippen molar-refractivity contribution in [3.63, 3.8) is 0 Å². The van der Waals surface area contributed by atoms with Crippen molar-refractivity contribution in [1.29, 1.82) is 0 Å². The molecule has 1 fully saturated rings. The topological polar surface area (TPSA) is 26.0 Å². The molecule has 0 bridgehead atoms. The van der Waals surface area contributed by atoms with Gasteiger partial charge < -0.3 is 5.73 Å². The van der Waals surface area contributed by atoms with Crippen molar-refractivity contribution < 1.29 is 0 Å². The zero-order chi connectivity index (χ0) is 9.42. The van der Waals surface area contributed by atoms with E-state index in [0.29, 0.717) is 6.04 Å². The minimum atomic E-state index is 0.353. The highest BCUT2D eigenvalue weighted by atomic mass is 14.7.